The molecule has 0 fully saturated rings. The number of amides is 1. The van der Waals surface area contributed by atoms with Crippen LogP contribution in [-0.4, -0.2) is 35.9 Å². The van der Waals surface area contributed by atoms with E-state index in [1.54, 1.807) is 37.3 Å². The summed E-state index contributed by atoms with van der Waals surface area (Å²) in [7, 11) is -3.89. The van der Waals surface area contributed by atoms with E-state index in [4.69, 9.17) is 4.74 Å². The predicted molar refractivity (Wildman–Crippen MR) is 112 cm³/mol. The molecule has 3 aromatic rings. The van der Waals surface area contributed by atoms with Crippen LogP contribution in [0.25, 0.3) is 0 Å². The van der Waals surface area contributed by atoms with Crippen molar-refractivity contribution in [3.63, 3.8) is 0 Å². The molecule has 0 radical (unpaired) electrons. The molecule has 9 nitrogen and oxygen atoms in total. The van der Waals surface area contributed by atoms with Crippen LogP contribution in [0.5, 0.6) is 0 Å². The van der Waals surface area contributed by atoms with Crippen molar-refractivity contribution < 1.29 is 22.7 Å². The summed E-state index contributed by atoms with van der Waals surface area (Å²) in [6, 6.07) is 14.1. The Morgan fingerprint density at radius 1 is 1.03 bits per heavy atom. The molecular weight excluding hydrogens is 420 g/mol. The van der Waals surface area contributed by atoms with Crippen LogP contribution in [0, 0.1) is 0 Å². The van der Waals surface area contributed by atoms with Crippen molar-refractivity contribution in [2.75, 3.05) is 10.0 Å². The van der Waals surface area contributed by atoms with Crippen LogP contribution < -0.4 is 10.0 Å². The van der Waals surface area contributed by atoms with Gasteiger partial charge in [0.2, 0.25) is 5.95 Å². The highest BCUT2D eigenvalue weighted by atomic mass is 32.2. The summed E-state index contributed by atoms with van der Waals surface area (Å²) in [6.45, 7) is 1.54. The van der Waals surface area contributed by atoms with Crippen molar-refractivity contribution in [1.82, 2.24) is 9.97 Å². The molecule has 0 saturated carbocycles. The summed E-state index contributed by atoms with van der Waals surface area (Å²) in [6.07, 6.45) is 3.06. The number of esters is 1. The van der Waals surface area contributed by atoms with E-state index in [0.29, 0.717) is 11.3 Å². The van der Waals surface area contributed by atoms with Crippen LogP contribution in [-0.2, 0) is 26.0 Å². The minimum Gasteiger partial charge on any atom is -0.445 e. The summed E-state index contributed by atoms with van der Waals surface area (Å²) in [5, 5.41) is 2.68. The summed E-state index contributed by atoms with van der Waals surface area (Å²) < 4.78 is 32.6. The van der Waals surface area contributed by atoms with E-state index in [1.807, 2.05) is 0 Å². The van der Waals surface area contributed by atoms with Crippen LogP contribution in [0.15, 0.2) is 71.9 Å². The maximum atomic E-state index is 12.8. The number of fused-ring (bicyclic) bond motifs is 1. The largest absolute Gasteiger partial charge is 0.445 e. The average molecular weight is 438 g/mol. The van der Waals surface area contributed by atoms with Crippen LogP contribution >= 0.6 is 0 Å². The Morgan fingerprint density at radius 2 is 1.71 bits per heavy atom. The van der Waals surface area contributed by atoms with E-state index in [-0.39, 0.29) is 17.3 Å². The number of carbonyl (C=O) groups excluding carboxylic acids is 2. The Hall–Kier alpha value is -3.79. The standard InChI is InChI=1S/C21H18N4O5S/c1-21(13-14-5-2-3-6-17(14)18(26)30-21)19(27)24-15-7-9-16(10-8-15)31(28,29)25-20-22-11-4-12-23-20/h2-12H,13H2,1H3,(H,24,27)(H,22,23,25)/t21-/m0/s1. The van der Waals surface area contributed by atoms with E-state index in [1.165, 1.54) is 36.7 Å². The molecule has 158 valence electrons. The molecule has 4 rings (SSSR count). The number of nitrogens with zero attached hydrogens (tertiary/aromatic N) is 2. The van der Waals surface area contributed by atoms with E-state index >= 15 is 0 Å². The third-order valence-electron chi connectivity index (χ3n) is 4.78. The van der Waals surface area contributed by atoms with Gasteiger partial charge in [-0.1, -0.05) is 18.2 Å². The summed E-state index contributed by atoms with van der Waals surface area (Å²) in [5.74, 6) is -1.12. The second-order valence-corrected chi connectivity index (χ2v) is 8.79. The zero-order valence-electron chi connectivity index (χ0n) is 16.4. The van der Waals surface area contributed by atoms with Gasteiger partial charge in [-0.3, -0.25) is 4.79 Å². The van der Waals surface area contributed by atoms with E-state index in [0.717, 1.165) is 5.56 Å². The maximum absolute atomic E-state index is 12.8. The molecule has 2 N–H and O–H groups in total. The second kappa shape index (κ2) is 7.80. The number of ether oxygens (including phenoxy) is 1. The predicted octanol–water partition coefficient (Wildman–Crippen LogP) is 2.39. The number of rotatable bonds is 5. The van der Waals surface area contributed by atoms with Gasteiger partial charge in [0.05, 0.1) is 10.5 Å². The molecule has 1 aliphatic heterocycles. The van der Waals surface area contributed by atoms with Gasteiger partial charge < -0.3 is 10.1 Å². The normalized spacial score (nSPS) is 17.9. The highest BCUT2D eigenvalue weighted by molar-refractivity contribution is 7.92. The minimum absolute atomic E-state index is 0.0258. The van der Waals surface area contributed by atoms with Crippen molar-refractivity contribution in [3.05, 3.63) is 78.1 Å². The first-order chi connectivity index (χ1) is 14.8. The highest BCUT2D eigenvalue weighted by Gasteiger charge is 2.42. The quantitative estimate of drug-likeness (QED) is 0.586. The van der Waals surface area contributed by atoms with Crippen LogP contribution in [0.4, 0.5) is 11.6 Å². The molecule has 10 heteroatoms. The Balaban J connectivity index is 1.48. The van der Waals surface area contributed by atoms with Crippen molar-refractivity contribution in [2.45, 2.75) is 23.8 Å². The number of cyclic esters (lactones) is 1. The maximum Gasteiger partial charge on any atom is 0.339 e. The molecule has 1 amide bonds. The number of hydrogen-bond donors (Lipinski definition) is 2. The van der Waals surface area contributed by atoms with Crippen LogP contribution in [0.3, 0.4) is 0 Å². The van der Waals surface area contributed by atoms with Crippen molar-refractivity contribution in [1.29, 1.82) is 0 Å². The molecule has 0 saturated heterocycles. The lowest BCUT2D eigenvalue weighted by atomic mass is 9.89. The van der Waals surface area contributed by atoms with Crippen LogP contribution in [0.2, 0.25) is 0 Å². The number of benzene rings is 2. The molecule has 1 aromatic heterocycles. The summed E-state index contributed by atoms with van der Waals surface area (Å²) in [4.78, 5) is 32.7. The highest BCUT2D eigenvalue weighted by Crippen LogP contribution is 2.29. The number of sulfonamides is 1. The lowest BCUT2D eigenvalue weighted by molar-refractivity contribution is -0.134. The van der Waals surface area contributed by atoms with Gasteiger partial charge in [-0.05, 0) is 48.9 Å². The van der Waals surface area contributed by atoms with Crippen molar-refractivity contribution >= 4 is 33.5 Å². The fraction of sp³-hybridized carbons (Fsp3) is 0.143. The smallest absolute Gasteiger partial charge is 0.339 e. The fourth-order valence-corrected chi connectivity index (χ4v) is 4.13. The molecule has 1 atom stereocenters. The number of carbonyl (C=O) groups is 2. The lowest BCUT2D eigenvalue weighted by Crippen LogP contribution is -2.48. The molecule has 0 aliphatic carbocycles. The zero-order chi connectivity index (χ0) is 22.1. The Morgan fingerprint density at radius 3 is 2.42 bits per heavy atom. The summed E-state index contributed by atoms with van der Waals surface area (Å²) in [5.41, 5.74) is 0.142. The first-order valence-electron chi connectivity index (χ1n) is 9.29. The van der Waals surface area contributed by atoms with E-state index in [9.17, 15) is 18.0 Å². The first-order valence-corrected chi connectivity index (χ1v) is 10.8. The third kappa shape index (κ3) is 4.24. The van der Waals surface area contributed by atoms with Gasteiger partial charge >= 0.3 is 5.97 Å². The second-order valence-electron chi connectivity index (χ2n) is 7.11. The minimum atomic E-state index is -3.89. The lowest BCUT2D eigenvalue weighted by Gasteiger charge is -2.33. The molecule has 0 bridgehead atoms. The van der Waals surface area contributed by atoms with Gasteiger partial charge in [-0.15, -0.1) is 0 Å². The Kier molecular flexibility index (Phi) is 5.15. The Labute approximate surface area is 178 Å². The third-order valence-corrected chi connectivity index (χ3v) is 6.12. The van der Waals surface area contributed by atoms with Gasteiger partial charge in [-0.2, -0.15) is 0 Å². The van der Waals surface area contributed by atoms with E-state index < -0.39 is 27.5 Å². The van der Waals surface area contributed by atoms with Gasteiger partial charge in [0.1, 0.15) is 0 Å². The van der Waals surface area contributed by atoms with E-state index in [2.05, 4.69) is 20.0 Å². The SMILES string of the molecule is C[C@@]1(C(=O)Nc2ccc(S(=O)(=O)Nc3ncccn3)cc2)Cc2ccccc2C(=O)O1. The number of aromatic nitrogens is 2. The molecule has 0 unspecified atom stereocenters. The van der Waals surface area contributed by atoms with Gasteiger partial charge in [-0.25, -0.2) is 27.9 Å². The molecular formula is C21H18N4O5S. The molecule has 31 heavy (non-hydrogen) atoms. The number of hydrogen-bond acceptors (Lipinski definition) is 7. The van der Waals surface area contributed by atoms with Gasteiger partial charge in [0.25, 0.3) is 15.9 Å². The number of anilines is 2. The zero-order valence-corrected chi connectivity index (χ0v) is 17.2. The molecule has 2 heterocycles. The monoisotopic (exact) mass is 438 g/mol. The van der Waals surface area contributed by atoms with Crippen molar-refractivity contribution in [3.8, 4) is 0 Å². The molecule has 1 aliphatic rings. The fourth-order valence-electron chi connectivity index (χ4n) is 3.17. The summed E-state index contributed by atoms with van der Waals surface area (Å²) >= 11 is 0. The van der Waals surface area contributed by atoms with Gasteiger partial charge in [0.15, 0.2) is 5.60 Å². The van der Waals surface area contributed by atoms with Crippen molar-refractivity contribution in [2.24, 2.45) is 0 Å². The van der Waals surface area contributed by atoms with Crippen LogP contribution in [0.1, 0.15) is 22.8 Å². The molecule has 2 aromatic carbocycles. The number of nitrogens with one attached hydrogen (secondary N) is 2. The molecule has 0 spiro atoms. The topological polar surface area (TPSA) is 127 Å². The average Bonchev–Trinajstić information content (AvgIpc) is 2.74. The van der Waals surface area contributed by atoms with Gasteiger partial charge in [0, 0.05) is 24.5 Å². The Bertz CT molecular complexity index is 1250. The first kappa shape index (κ1) is 20.5.